The number of amides is 1. The summed E-state index contributed by atoms with van der Waals surface area (Å²) in [6.07, 6.45) is 2.05. The number of nitrogens with two attached hydrogens (primary N) is 1. The smallest absolute Gasteiger partial charge is 0.253 e. The predicted molar refractivity (Wildman–Crippen MR) is 88.3 cm³/mol. The van der Waals surface area contributed by atoms with Crippen molar-refractivity contribution < 1.29 is 4.79 Å². The Morgan fingerprint density at radius 2 is 2.05 bits per heavy atom. The predicted octanol–water partition coefficient (Wildman–Crippen LogP) is 2.13. The van der Waals surface area contributed by atoms with Gasteiger partial charge in [-0.2, -0.15) is 0 Å². The first kappa shape index (κ1) is 17.5. The number of carbonyl (C=O) groups is 1. The minimum absolute atomic E-state index is 0.0798. The average molecular weight is 292 g/mol. The maximum Gasteiger partial charge on any atom is 0.253 e. The van der Waals surface area contributed by atoms with Crippen molar-refractivity contribution in [1.29, 1.82) is 0 Å². The fourth-order valence-corrected chi connectivity index (χ4v) is 2.01. The van der Waals surface area contributed by atoms with Crippen LogP contribution in [-0.4, -0.2) is 37.0 Å². The highest BCUT2D eigenvalue weighted by molar-refractivity contribution is 5.99. The second-order valence-corrected chi connectivity index (χ2v) is 5.73. The molecule has 0 saturated heterocycles. The fraction of sp³-hybridized carbons (Fsp3) is 0.562. The van der Waals surface area contributed by atoms with E-state index >= 15 is 0 Å². The largest absolute Gasteiger partial charge is 0.352 e. The van der Waals surface area contributed by atoms with Gasteiger partial charge in [-0.25, -0.2) is 0 Å². The number of unbranched alkanes of at least 4 members (excludes halogenated alkanes) is 1. The lowest BCUT2D eigenvalue weighted by Crippen LogP contribution is -2.29. The van der Waals surface area contributed by atoms with Crippen molar-refractivity contribution in [2.45, 2.75) is 39.7 Å². The number of nitrogens with zero attached hydrogens (tertiary/aromatic N) is 1. The monoisotopic (exact) mass is 292 g/mol. The van der Waals surface area contributed by atoms with E-state index in [9.17, 15) is 4.79 Å². The van der Waals surface area contributed by atoms with Gasteiger partial charge in [-0.3, -0.25) is 10.6 Å². The standard InChI is InChI=1S/C16H28N4O/c1-12(2)20(4)10-6-5-9-18-16(21)14-11-13(3)7-8-15(14)19-17/h7-8,11-12,19H,5-6,9-10,17H2,1-4H3,(H,18,21). The molecule has 0 bridgehead atoms. The van der Waals surface area contributed by atoms with Crippen LogP contribution in [0.1, 0.15) is 42.6 Å². The molecule has 0 aliphatic carbocycles. The van der Waals surface area contributed by atoms with Gasteiger partial charge < -0.3 is 15.6 Å². The molecular formula is C16H28N4O. The zero-order valence-electron chi connectivity index (χ0n) is 13.6. The minimum Gasteiger partial charge on any atom is -0.352 e. The van der Waals surface area contributed by atoms with E-state index in [0.29, 0.717) is 23.8 Å². The van der Waals surface area contributed by atoms with Crippen LogP contribution >= 0.6 is 0 Å². The lowest BCUT2D eigenvalue weighted by Gasteiger charge is -2.20. The maximum absolute atomic E-state index is 12.2. The number of benzene rings is 1. The number of rotatable bonds is 8. The molecule has 1 rings (SSSR count). The highest BCUT2D eigenvalue weighted by atomic mass is 16.1. The molecule has 0 aliphatic rings. The second kappa shape index (κ2) is 8.64. The first-order valence-corrected chi connectivity index (χ1v) is 7.51. The molecule has 0 heterocycles. The Bertz CT molecular complexity index is 460. The molecule has 5 nitrogen and oxygen atoms in total. The first-order chi connectivity index (χ1) is 9.95. The van der Waals surface area contributed by atoms with Crippen molar-refractivity contribution in [2.24, 2.45) is 5.84 Å². The molecule has 0 saturated carbocycles. The van der Waals surface area contributed by atoms with E-state index in [4.69, 9.17) is 5.84 Å². The molecular weight excluding hydrogens is 264 g/mol. The van der Waals surface area contributed by atoms with Crippen LogP contribution < -0.4 is 16.6 Å². The van der Waals surface area contributed by atoms with Crippen LogP contribution in [0.3, 0.4) is 0 Å². The lowest BCUT2D eigenvalue weighted by molar-refractivity contribution is 0.0953. The Labute approximate surface area is 127 Å². The second-order valence-electron chi connectivity index (χ2n) is 5.73. The topological polar surface area (TPSA) is 70.4 Å². The van der Waals surface area contributed by atoms with Gasteiger partial charge in [-0.05, 0) is 59.3 Å². The normalized spacial score (nSPS) is 11.0. The van der Waals surface area contributed by atoms with Gasteiger partial charge in [0.05, 0.1) is 11.3 Å². The van der Waals surface area contributed by atoms with Gasteiger partial charge >= 0.3 is 0 Å². The molecule has 1 aromatic carbocycles. The molecule has 0 aliphatic heterocycles. The van der Waals surface area contributed by atoms with E-state index in [0.717, 1.165) is 24.9 Å². The van der Waals surface area contributed by atoms with Crippen LogP contribution in [0, 0.1) is 6.92 Å². The van der Waals surface area contributed by atoms with Crippen LogP contribution in [0.2, 0.25) is 0 Å². The minimum atomic E-state index is -0.0798. The summed E-state index contributed by atoms with van der Waals surface area (Å²) < 4.78 is 0. The van der Waals surface area contributed by atoms with Gasteiger partial charge in [0.15, 0.2) is 0 Å². The molecule has 118 valence electrons. The quantitative estimate of drug-likeness (QED) is 0.390. The highest BCUT2D eigenvalue weighted by Gasteiger charge is 2.10. The molecule has 1 aromatic rings. The molecule has 5 heteroatoms. The molecule has 0 spiro atoms. The summed E-state index contributed by atoms with van der Waals surface area (Å²) in [5.74, 6) is 5.36. The zero-order valence-corrected chi connectivity index (χ0v) is 13.6. The number of hydrazine groups is 1. The van der Waals surface area contributed by atoms with Crippen molar-refractivity contribution >= 4 is 11.6 Å². The Kier molecular flexibility index (Phi) is 7.19. The van der Waals surface area contributed by atoms with Crippen molar-refractivity contribution in [3.63, 3.8) is 0 Å². The van der Waals surface area contributed by atoms with Crippen LogP contribution in [0.15, 0.2) is 18.2 Å². The van der Waals surface area contributed by atoms with Gasteiger partial charge in [-0.1, -0.05) is 11.6 Å². The zero-order chi connectivity index (χ0) is 15.8. The molecule has 21 heavy (non-hydrogen) atoms. The van der Waals surface area contributed by atoms with Gasteiger partial charge in [0.1, 0.15) is 0 Å². The van der Waals surface area contributed by atoms with Gasteiger partial charge in [0, 0.05) is 12.6 Å². The average Bonchev–Trinajstić information content (AvgIpc) is 2.46. The molecule has 0 atom stereocenters. The SMILES string of the molecule is Cc1ccc(NN)c(C(=O)NCCCCN(C)C(C)C)c1. The number of carbonyl (C=O) groups excluding carboxylic acids is 1. The summed E-state index contributed by atoms with van der Waals surface area (Å²) in [6.45, 7) is 8.05. The number of hydrogen-bond acceptors (Lipinski definition) is 4. The summed E-state index contributed by atoms with van der Waals surface area (Å²) in [4.78, 5) is 14.5. The molecule has 0 unspecified atom stereocenters. The first-order valence-electron chi connectivity index (χ1n) is 7.51. The summed E-state index contributed by atoms with van der Waals surface area (Å²) in [6, 6.07) is 6.15. The van der Waals surface area contributed by atoms with Crippen LogP contribution in [0.4, 0.5) is 5.69 Å². The number of hydrogen-bond donors (Lipinski definition) is 3. The summed E-state index contributed by atoms with van der Waals surface area (Å²) >= 11 is 0. The Hall–Kier alpha value is -1.59. The number of nitrogen functional groups attached to an aromatic ring is 1. The third kappa shape index (κ3) is 5.73. The molecule has 0 fully saturated rings. The van der Waals surface area contributed by atoms with Crippen LogP contribution in [0.5, 0.6) is 0 Å². The van der Waals surface area contributed by atoms with E-state index in [1.807, 2.05) is 25.1 Å². The van der Waals surface area contributed by atoms with Gasteiger partial charge in [0.25, 0.3) is 5.91 Å². The molecule has 0 radical (unpaired) electrons. The van der Waals surface area contributed by atoms with Crippen LogP contribution in [0.25, 0.3) is 0 Å². The lowest BCUT2D eigenvalue weighted by atomic mass is 10.1. The molecule has 1 amide bonds. The van der Waals surface area contributed by atoms with E-state index in [2.05, 4.69) is 36.5 Å². The summed E-state index contributed by atoms with van der Waals surface area (Å²) in [7, 11) is 2.12. The fourth-order valence-electron chi connectivity index (χ4n) is 2.01. The van der Waals surface area contributed by atoms with Crippen molar-refractivity contribution in [1.82, 2.24) is 10.2 Å². The van der Waals surface area contributed by atoms with Crippen molar-refractivity contribution in [3.05, 3.63) is 29.3 Å². The van der Waals surface area contributed by atoms with E-state index in [1.165, 1.54) is 0 Å². The van der Waals surface area contributed by atoms with Crippen molar-refractivity contribution in [3.8, 4) is 0 Å². The third-order valence-electron chi connectivity index (χ3n) is 3.68. The van der Waals surface area contributed by atoms with E-state index in [1.54, 1.807) is 0 Å². The summed E-state index contributed by atoms with van der Waals surface area (Å²) in [5, 5.41) is 2.95. The molecule has 4 N–H and O–H groups in total. The number of anilines is 1. The summed E-state index contributed by atoms with van der Waals surface area (Å²) in [5.41, 5.74) is 4.85. The van der Waals surface area contributed by atoms with Gasteiger partial charge in [0.2, 0.25) is 0 Å². The number of aryl methyl sites for hydroxylation is 1. The highest BCUT2D eigenvalue weighted by Crippen LogP contribution is 2.16. The molecule has 0 aromatic heterocycles. The van der Waals surface area contributed by atoms with Crippen LogP contribution in [-0.2, 0) is 0 Å². The van der Waals surface area contributed by atoms with Gasteiger partial charge in [-0.15, -0.1) is 0 Å². The Morgan fingerprint density at radius 3 is 2.67 bits per heavy atom. The third-order valence-corrected chi connectivity index (χ3v) is 3.68. The van der Waals surface area contributed by atoms with E-state index in [-0.39, 0.29) is 5.91 Å². The Morgan fingerprint density at radius 1 is 1.33 bits per heavy atom. The van der Waals surface area contributed by atoms with E-state index < -0.39 is 0 Å². The maximum atomic E-state index is 12.2. The number of nitrogens with one attached hydrogen (secondary N) is 2. The van der Waals surface area contributed by atoms with Crippen molar-refractivity contribution in [2.75, 3.05) is 25.6 Å². The Balaban J connectivity index is 2.39.